The molecule has 0 aliphatic rings. The first-order chi connectivity index (χ1) is 14.0. The van der Waals surface area contributed by atoms with Gasteiger partial charge >= 0.3 is 0 Å². The Balaban J connectivity index is 1.50. The standard InChI is InChI=1S/C24H27N3O2/c1-18(24(28)26-21-9-13-22(14-10-21)27(2)3)25-20-11-15-23(16-12-20)29-17-19-7-5-4-6-8-19/h4-16,18,25H,17H2,1-3H3,(H,26,28). The molecule has 0 bridgehead atoms. The van der Waals surface area contributed by atoms with E-state index in [1.165, 1.54) is 0 Å². The smallest absolute Gasteiger partial charge is 0.246 e. The first-order valence-electron chi connectivity index (χ1n) is 9.63. The van der Waals surface area contributed by atoms with Gasteiger partial charge in [0, 0.05) is 31.2 Å². The highest BCUT2D eigenvalue weighted by Crippen LogP contribution is 2.19. The van der Waals surface area contributed by atoms with Crippen molar-refractivity contribution < 1.29 is 9.53 Å². The van der Waals surface area contributed by atoms with Crippen molar-refractivity contribution in [1.29, 1.82) is 0 Å². The highest BCUT2D eigenvalue weighted by atomic mass is 16.5. The van der Waals surface area contributed by atoms with Crippen molar-refractivity contribution in [3.63, 3.8) is 0 Å². The predicted octanol–water partition coefficient (Wildman–Crippen LogP) is 4.77. The van der Waals surface area contributed by atoms with Gasteiger partial charge in [-0.1, -0.05) is 30.3 Å². The minimum atomic E-state index is -0.375. The number of rotatable bonds is 8. The lowest BCUT2D eigenvalue weighted by atomic mass is 10.2. The van der Waals surface area contributed by atoms with Crippen LogP contribution in [0.4, 0.5) is 17.1 Å². The zero-order valence-corrected chi connectivity index (χ0v) is 17.1. The summed E-state index contributed by atoms with van der Waals surface area (Å²) in [6.45, 7) is 2.36. The Morgan fingerprint density at radius 2 is 1.52 bits per heavy atom. The quantitative estimate of drug-likeness (QED) is 0.583. The van der Waals surface area contributed by atoms with E-state index in [0.29, 0.717) is 6.61 Å². The Kier molecular flexibility index (Phi) is 6.74. The number of amides is 1. The number of nitrogens with one attached hydrogen (secondary N) is 2. The van der Waals surface area contributed by atoms with Gasteiger partial charge in [-0.25, -0.2) is 0 Å². The summed E-state index contributed by atoms with van der Waals surface area (Å²) < 4.78 is 5.79. The van der Waals surface area contributed by atoms with E-state index in [2.05, 4.69) is 10.6 Å². The van der Waals surface area contributed by atoms with Gasteiger partial charge in [-0.15, -0.1) is 0 Å². The Morgan fingerprint density at radius 3 is 2.14 bits per heavy atom. The van der Waals surface area contributed by atoms with Crippen LogP contribution in [0.1, 0.15) is 12.5 Å². The molecule has 3 aromatic rings. The molecule has 3 rings (SSSR count). The molecule has 0 aliphatic heterocycles. The Morgan fingerprint density at radius 1 is 0.897 bits per heavy atom. The summed E-state index contributed by atoms with van der Waals surface area (Å²) in [6.07, 6.45) is 0. The second-order valence-electron chi connectivity index (χ2n) is 7.10. The predicted molar refractivity (Wildman–Crippen MR) is 120 cm³/mol. The van der Waals surface area contributed by atoms with Gasteiger partial charge in [0.05, 0.1) is 0 Å². The lowest BCUT2D eigenvalue weighted by molar-refractivity contribution is -0.116. The fraction of sp³-hybridized carbons (Fsp3) is 0.208. The number of nitrogens with zero attached hydrogens (tertiary/aromatic N) is 1. The second-order valence-corrected chi connectivity index (χ2v) is 7.10. The summed E-state index contributed by atoms with van der Waals surface area (Å²) in [5.41, 5.74) is 3.85. The molecule has 0 spiro atoms. The van der Waals surface area contributed by atoms with Crippen LogP contribution in [0.25, 0.3) is 0 Å². The van der Waals surface area contributed by atoms with E-state index in [-0.39, 0.29) is 11.9 Å². The third-order valence-electron chi connectivity index (χ3n) is 4.53. The second kappa shape index (κ2) is 9.64. The number of benzene rings is 3. The van der Waals surface area contributed by atoms with Crippen LogP contribution in [0.15, 0.2) is 78.9 Å². The maximum atomic E-state index is 12.5. The topological polar surface area (TPSA) is 53.6 Å². The molecule has 3 aromatic carbocycles. The van der Waals surface area contributed by atoms with Crippen LogP contribution in [0.5, 0.6) is 5.75 Å². The van der Waals surface area contributed by atoms with Crippen molar-refractivity contribution in [2.75, 3.05) is 29.6 Å². The summed E-state index contributed by atoms with van der Waals surface area (Å²) in [5.74, 6) is 0.699. The van der Waals surface area contributed by atoms with Crippen LogP contribution in [-0.4, -0.2) is 26.0 Å². The summed E-state index contributed by atoms with van der Waals surface area (Å²) in [6, 6.07) is 25.0. The number of anilines is 3. The fourth-order valence-electron chi connectivity index (χ4n) is 2.80. The van der Waals surface area contributed by atoms with Crippen molar-refractivity contribution >= 4 is 23.0 Å². The van der Waals surface area contributed by atoms with E-state index in [1.807, 2.05) is 105 Å². The minimum absolute atomic E-state index is 0.0907. The molecule has 1 amide bonds. The van der Waals surface area contributed by atoms with E-state index in [1.54, 1.807) is 0 Å². The van der Waals surface area contributed by atoms with Gasteiger partial charge in [0.1, 0.15) is 18.4 Å². The monoisotopic (exact) mass is 389 g/mol. The zero-order valence-electron chi connectivity index (χ0n) is 17.1. The summed E-state index contributed by atoms with van der Waals surface area (Å²) in [4.78, 5) is 14.5. The third kappa shape index (κ3) is 6.01. The van der Waals surface area contributed by atoms with E-state index in [9.17, 15) is 4.79 Å². The SMILES string of the molecule is CC(Nc1ccc(OCc2ccccc2)cc1)C(=O)Nc1ccc(N(C)C)cc1. The Hall–Kier alpha value is -3.47. The number of hydrogen-bond acceptors (Lipinski definition) is 4. The molecule has 0 aromatic heterocycles. The van der Waals surface area contributed by atoms with Crippen molar-refractivity contribution in [1.82, 2.24) is 0 Å². The third-order valence-corrected chi connectivity index (χ3v) is 4.53. The van der Waals surface area contributed by atoms with Gasteiger partial charge in [0.25, 0.3) is 0 Å². The van der Waals surface area contributed by atoms with Gasteiger partial charge in [-0.3, -0.25) is 4.79 Å². The first kappa shape index (κ1) is 20.3. The molecule has 0 aliphatic carbocycles. The zero-order chi connectivity index (χ0) is 20.6. The molecule has 5 heteroatoms. The Bertz CT molecular complexity index is 907. The number of ether oxygens (including phenoxy) is 1. The maximum Gasteiger partial charge on any atom is 0.246 e. The molecular weight excluding hydrogens is 362 g/mol. The van der Waals surface area contributed by atoms with Gasteiger partial charge in [0.2, 0.25) is 5.91 Å². The van der Waals surface area contributed by atoms with Crippen LogP contribution in [0.3, 0.4) is 0 Å². The lowest BCUT2D eigenvalue weighted by Crippen LogP contribution is -2.31. The molecule has 1 unspecified atom stereocenters. The molecule has 29 heavy (non-hydrogen) atoms. The molecule has 0 heterocycles. The lowest BCUT2D eigenvalue weighted by Gasteiger charge is -2.17. The highest BCUT2D eigenvalue weighted by molar-refractivity contribution is 5.96. The fourth-order valence-corrected chi connectivity index (χ4v) is 2.80. The largest absolute Gasteiger partial charge is 0.489 e. The summed E-state index contributed by atoms with van der Waals surface area (Å²) in [5, 5.41) is 6.15. The van der Waals surface area contributed by atoms with E-state index >= 15 is 0 Å². The maximum absolute atomic E-state index is 12.5. The summed E-state index contributed by atoms with van der Waals surface area (Å²) >= 11 is 0. The molecule has 0 fully saturated rings. The number of carbonyl (C=O) groups is 1. The van der Waals surface area contributed by atoms with Crippen LogP contribution < -0.4 is 20.3 Å². The van der Waals surface area contributed by atoms with Crippen LogP contribution >= 0.6 is 0 Å². The molecule has 2 N–H and O–H groups in total. The molecule has 0 radical (unpaired) electrons. The van der Waals surface area contributed by atoms with Crippen LogP contribution in [0.2, 0.25) is 0 Å². The molecule has 150 valence electrons. The number of hydrogen-bond donors (Lipinski definition) is 2. The summed E-state index contributed by atoms with van der Waals surface area (Å²) in [7, 11) is 3.97. The van der Waals surface area contributed by atoms with Crippen molar-refractivity contribution in [2.24, 2.45) is 0 Å². The molecule has 1 atom stereocenters. The van der Waals surface area contributed by atoms with E-state index in [4.69, 9.17) is 4.74 Å². The average molecular weight is 389 g/mol. The highest BCUT2D eigenvalue weighted by Gasteiger charge is 2.13. The van der Waals surface area contributed by atoms with Gasteiger partial charge < -0.3 is 20.3 Å². The Labute approximate surface area is 172 Å². The van der Waals surface area contributed by atoms with Crippen molar-refractivity contribution in [2.45, 2.75) is 19.6 Å². The normalized spacial score (nSPS) is 11.4. The van der Waals surface area contributed by atoms with Crippen molar-refractivity contribution in [3.05, 3.63) is 84.4 Å². The molecular formula is C24H27N3O2. The molecule has 0 saturated heterocycles. The first-order valence-corrected chi connectivity index (χ1v) is 9.63. The minimum Gasteiger partial charge on any atom is -0.489 e. The average Bonchev–Trinajstić information content (AvgIpc) is 2.74. The van der Waals surface area contributed by atoms with E-state index < -0.39 is 0 Å². The van der Waals surface area contributed by atoms with Crippen molar-refractivity contribution in [3.8, 4) is 5.75 Å². The number of carbonyl (C=O) groups excluding carboxylic acids is 1. The van der Waals surface area contributed by atoms with Gasteiger partial charge in [-0.05, 0) is 61.0 Å². The van der Waals surface area contributed by atoms with Gasteiger partial charge in [0.15, 0.2) is 0 Å². The van der Waals surface area contributed by atoms with Gasteiger partial charge in [-0.2, -0.15) is 0 Å². The van der Waals surface area contributed by atoms with E-state index in [0.717, 1.165) is 28.4 Å². The molecule has 5 nitrogen and oxygen atoms in total. The van der Waals surface area contributed by atoms with Crippen LogP contribution in [0, 0.1) is 0 Å². The molecule has 0 saturated carbocycles. The van der Waals surface area contributed by atoms with Crippen LogP contribution in [-0.2, 0) is 11.4 Å².